The van der Waals surface area contributed by atoms with Gasteiger partial charge < -0.3 is 20.1 Å². The van der Waals surface area contributed by atoms with E-state index in [2.05, 4.69) is 10.6 Å². The zero-order valence-corrected chi connectivity index (χ0v) is 10.9. The lowest BCUT2D eigenvalue weighted by Gasteiger charge is -2.29. The van der Waals surface area contributed by atoms with Crippen LogP contribution in [-0.4, -0.2) is 51.0 Å². The molecule has 0 aromatic rings. The normalized spacial score (nSPS) is 32.9. The number of hydrogen-bond acceptors (Lipinski definition) is 4. The number of halogens is 1. The van der Waals surface area contributed by atoms with Crippen molar-refractivity contribution < 1.29 is 14.3 Å². The van der Waals surface area contributed by atoms with E-state index in [1.807, 2.05) is 6.92 Å². The van der Waals surface area contributed by atoms with Crippen LogP contribution in [0.5, 0.6) is 0 Å². The third kappa shape index (κ3) is 4.10. The molecule has 2 aliphatic heterocycles. The van der Waals surface area contributed by atoms with E-state index >= 15 is 0 Å². The van der Waals surface area contributed by atoms with Crippen LogP contribution < -0.4 is 10.6 Å². The first-order valence-electron chi connectivity index (χ1n) is 5.98. The fraction of sp³-hybridized carbons (Fsp3) is 0.909. The predicted octanol–water partition coefficient (Wildman–Crippen LogP) is -0.0622. The molecule has 2 aliphatic rings. The van der Waals surface area contributed by atoms with Gasteiger partial charge in [0.25, 0.3) is 0 Å². The maximum atomic E-state index is 11.9. The summed E-state index contributed by atoms with van der Waals surface area (Å²) in [6.45, 7) is 5.65. The van der Waals surface area contributed by atoms with E-state index in [9.17, 15) is 4.79 Å². The van der Waals surface area contributed by atoms with Crippen molar-refractivity contribution in [3.8, 4) is 0 Å². The van der Waals surface area contributed by atoms with E-state index in [4.69, 9.17) is 9.47 Å². The fourth-order valence-electron chi connectivity index (χ4n) is 2.13. The monoisotopic (exact) mass is 264 g/mol. The molecule has 2 fully saturated rings. The van der Waals surface area contributed by atoms with E-state index in [-0.39, 0.29) is 30.5 Å². The van der Waals surface area contributed by atoms with Gasteiger partial charge in [-0.15, -0.1) is 12.4 Å². The molecule has 3 atom stereocenters. The maximum absolute atomic E-state index is 11.9. The summed E-state index contributed by atoms with van der Waals surface area (Å²) in [5.41, 5.74) is 0. The molecule has 0 bridgehead atoms. The van der Waals surface area contributed by atoms with Crippen LogP contribution in [0.15, 0.2) is 0 Å². The van der Waals surface area contributed by atoms with Crippen molar-refractivity contribution in [3.05, 3.63) is 0 Å². The van der Waals surface area contributed by atoms with Crippen molar-refractivity contribution in [2.24, 2.45) is 5.92 Å². The quantitative estimate of drug-likeness (QED) is 0.750. The van der Waals surface area contributed by atoms with Gasteiger partial charge in [0.15, 0.2) is 0 Å². The highest BCUT2D eigenvalue weighted by Gasteiger charge is 2.28. The molecule has 1 amide bonds. The number of carbonyl (C=O) groups is 1. The number of amides is 1. The number of morpholine rings is 1. The van der Waals surface area contributed by atoms with Crippen LogP contribution in [-0.2, 0) is 14.3 Å². The zero-order valence-electron chi connectivity index (χ0n) is 10.1. The van der Waals surface area contributed by atoms with Crippen LogP contribution in [0.25, 0.3) is 0 Å². The SMILES string of the molecule is C[C@H]1OCCN[C@@H]1C(=O)NCC1CCOC1.Cl. The van der Waals surface area contributed by atoms with Crippen LogP contribution in [0.4, 0.5) is 0 Å². The summed E-state index contributed by atoms with van der Waals surface area (Å²) in [6, 6.07) is -0.212. The van der Waals surface area contributed by atoms with Crippen molar-refractivity contribution in [2.45, 2.75) is 25.5 Å². The first-order valence-corrected chi connectivity index (χ1v) is 5.98. The van der Waals surface area contributed by atoms with Crippen LogP contribution in [0, 0.1) is 5.92 Å². The minimum Gasteiger partial charge on any atom is -0.381 e. The molecule has 0 aromatic carbocycles. The maximum Gasteiger partial charge on any atom is 0.239 e. The highest BCUT2D eigenvalue weighted by atomic mass is 35.5. The Morgan fingerprint density at radius 3 is 2.94 bits per heavy atom. The Balaban J connectivity index is 0.00000144. The van der Waals surface area contributed by atoms with Gasteiger partial charge in [-0.25, -0.2) is 0 Å². The molecule has 0 spiro atoms. The minimum absolute atomic E-state index is 0. The number of carbonyl (C=O) groups excluding carboxylic acids is 1. The summed E-state index contributed by atoms with van der Waals surface area (Å²) in [7, 11) is 0. The summed E-state index contributed by atoms with van der Waals surface area (Å²) in [6.07, 6.45) is 0.998. The molecule has 0 aromatic heterocycles. The second-order valence-electron chi connectivity index (χ2n) is 4.48. The first kappa shape index (κ1) is 14.7. The summed E-state index contributed by atoms with van der Waals surface area (Å²) in [4.78, 5) is 11.9. The topological polar surface area (TPSA) is 59.6 Å². The summed E-state index contributed by atoms with van der Waals surface area (Å²) >= 11 is 0. The molecular formula is C11H21ClN2O3. The van der Waals surface area contributed by atoms with Gasteiger partial charge in [-0.05, 0) is 13.3 Å². The van der Waals surface area contributed by atoms with Crippen molar-refractivity contribution >= 4 is 18.3 Å². The summed E-state index contributed by atoms with van der Waals surface area (Å²) in [5, 5.41) is 6.14. The van der Waals surface area contributed by atoms with Crippen molar-refractivity contribution in [2.75, 3.05) is 32.9 Å². The summed E-state index contributed by atoms with van der Waals surface area (Å²) < 4.78 is 10.7. The van der Waals surface area contributed by atoms with Crippen LogP contribution in [0.2, 0.25) is 0 Å². The molecule has 17 heavy (non-hydrogen) atoms. The highest BCUT2D eigenvalue weighted by molar-refractivity contribution is 5.85. The number of ether oxygens (including phenoxy) is 2. The Kier molecular flexibility index (Phi) is 6.19. The van der Waals surface area contributed by atoms with Crippen molar-refractivity contribution in [3.63, 3.8) is 0 Å². The molecule has 2 N–H and O–H groups in total. The van der Waals surface area contributed by atoms with Gasteiger partial charge in [-0.1, -0.05) is 0 Å². The molecule has 1 unspecified atom stereocenters. The Morgan fingerprint density at radius 1 is 1.47 bits per heavy atom. The minimum atomic E-state index is -0.212. The fourth-order valence-corrected chi connectivity index (χ4v) is 2.13. The van der Waals surface area contributed by atoms with Gasteiger partial charge in [-0.3, -0.25) is 4.79 Å². The lowest BCUT2D eigenvalue weighted by Crippen LogP contribution is -2.55. The van der Waals surface area contributed by atoms with E-state index < -0.39 is 0 Å². The molecule has 0 aliphatic carbocycles. The lowest BCUT2D eigenvalue weighted by molar-refractivity contribution is -0.129. The third-order valence-corrected chi connectivity index (χ3v) is 3.19. The number of nitrogens with one attached hydrogen (secondary N) is 2. The van der Waals surface area contributed by atoms with Gasteiger partial charge in [0.1, 0.15) is 6.04 Å². The zero-order chi connectivity index (χ0) is 11.4. The highest BCUT2D eigenvalue weighted by Crippen LogP contribution is 2.11. The van der Waals surface area contributed by atoms with Crippen LogP contribution in [0.3, 0.4) is 0 Å². The Labute approximate surface area is 108 Å². The van der Waals surface area contributed by atoms with Gasteiger partial charge in [-0.2, -0.15) is 0 Å². The van der Waals surface area contributed by atoms with Crippen molar-refractivity contribution in [1.82, 2.24) is 10.6 Å². The number of rotatable bonds is 3. The molecule has 5 nitrogen and oxygen atoms in total. The largest absolute Gasteiger partial charge is 0.381 e. The van der Waals surface area contributed by atoms with Gasteiger partial charge >= 0.3 is 0 Å². The van der Waals surface area contributed by atoms with Gasteiger partial charge in [0, 0.05) is 25.6 Å². The second kappa shape index (κ2) is 7.16. The average molecular weight is 265 g/mol. The Morgan fingerprint density at radius 2 is 2.29 bits per heavy atom. The lowest BCUT2D eigenvalue weighted by atomic mass is 10.1. The molecule has 0 saturated carbocycles. The van der Waals surface area contributed by atoms with E-state index in [1.54, 1.807) is 0 Å². The molecular weight excluding hydrogens is 244 g/mol. The van der Waals surface area contributed by atoms with Crippen LogP contribution >= 0.6 is 12.4 Å². The molecule has 100 valence electrons. The van der Waals surface area contributed by atoms with Crippen LogP contribution in [0.1, 0.15) is 13.3 Å². The third-order valence-electron chi connectivity index (χ3n) is 3.19. The van der Waals surface area contributed by atoms with Crippen molar-refractivity contribution in [1.29, 1.82) is 0 Å². The molecule has 0 radical (unpaired) electrons. The van der Waals surface area contributed by atoms with Gasteiger partial charge in [0.2, 0.25) is 5.91 Å². The average Bonchev–Trinajstić information content (AvgIpc) is 2.79. The van der Waals surface area contributed by atoms with Gasteiger partial charge in [0.05, 0.1) is 19.3 Å². The molecule has 2 heterocycles. The smallest absolute Gasteiger partial charge is 0.239 e. The summed E-state index contributed by atoms with van der Waals surface area (Å²) in [5.74, 6) is 0.517. The standard InChI is InChI=1S/C11H20N2O3.ClH/c1-8-10(12-3-5-16-8)11(14)13-6-9-2-4-15-7-9;/h8-10,12H,2-7H2,1H3,(H,13,14);1H/t8-,9?,10+;/m1./s1. The first-order chi connectivity index (χ1) is 7.77. The van der Waals surface area contributed by atoms with E-state index in [0.717, 1.165) is 26.2 Å². The molecule has 2 rings (SSSR count). The Bertz CT molecular complexity index is 247. The Hall–Kier alpha value is -0.360. The van der Waals surface area contributed by atoms with E-state index in [0.29, 0.717) is 19.1 Å². The predicted molar refractivity (Wildman–Crippen MR) is 66.4 cm³/mol. The molecule has 6 heteroatoms. The number of hydrogen-bond donors (Lipinski definition) is 2. The molecule has 2 saturated heterocycles. The van der Waals surface area contributed by atoms with E-state index in [1.165, 1.54) is 0 Å². The second-order valence-corrected chi connectivity index (χ2v) is 4.48.